The average molecular weight is 368 g/mol. The highest BCUT2D eigenvalue weighted by atomic mass is 79.9. The Morgan fingerprint density at radius 1 is 1.26 bits per heavy atom. The van der Waals surface area contributed by atoms with Crippen molar-refractivity contribution in [3.8, 4) is 6.07 Å². The number of benzene rings is 1. The minimum absolute atomic E-state index is 0.124. The Balaban J connectivity index is 2.13. The first-order chi connectivity index (χ1) is 11.0. The number of ketones is 1. The lowest BCUT2D eigenvalue weighted by Crippen LogP contribution is -2.02. The minimum atomic E-state index is -0.266. The van der Waals surface area contributed by atoms with Gasteiger partial charge in [0.1, 0.15) is 11.6 Å². The van der Waals surface area contributed by atoms with Gasteiger partial charge in [0.05, 0.1) is 0 Å². The van der Waals surface area contributed by atoms with Crippen molar-refractivity contribution >= 4 is 38.7 Å². The largest absolute Gasteiger partial charge is 0.351 e. The summed E-state index contributed by atoms with van der Waals surface area (Å²) in [7, 11) is 3.76. The van der Waals surface area contributed by atoms with Crippen LogP contribution < -0.4 is 0 Å². The summed E-state index contributed by atoms with van der Waals surface area (Å²) in [6, 6.07) is 11.6. The zero-order valence-electron chi connectivity index (χ0n) is 12.7. The first-order valence-electron chi connectivity index (χ1n) is 7.03. The normalized spacial score (nSPS) is 11.7. The number of carbonyl (C=O) groups is 1. The first kappa shape index (κ1) is 15.3. The van der Waals surface area contributed by atoms with E-state index >= 15 is 0 Å². The maximum atomic E-state index is 12.8. The molecule has 0 aliphatic heterocycles. The topological polar surface area (TPSA) is 50.7 Å². The molecule has 3 aromatic rings. The van der Waals surface area contributed by atoms with Crippen LogP contribution in [0.15, 0.2) is 52.8 Å². The second kappa shape index (κ2) is 5.90. The second-order valence-electron chi connectivity index (χ2n) is 5.36. The maximum absolute atomic E-state index is 12.8. The van der Waals surface area contributed by atoms with E-state index in [1.54, 1.807) is 12.3 Å². The number of halogens is 1. The van der Waals surface area contributed by atoms with Crippen molar-refractivity contribution in [1.29, 1.82) is 5.26 Å². The molecule has 23 heavy (non-hydrogen) atoms. The van der Waals surface area contributed by atoms with Crippen LogP contribution in [0.4, 0.5) is 0 Å². The molecule has 0 spiro atoms. The van der Waals surface area contributed by atoms with E-state index in [2.05, 4.69) is 15.9 Å². The number of aryl methyl sites for hydroxylation is 2. The predicted octanol–water partition coefficient (Wildman–Crippen LogP) is 4.07. The third-order valence-corrected chi connectivity index (χ3v) is 4.33. The summed E-state index contributed by atoms with van der Waals surface area (Å²) in [4.78, 5) is 12.8. The molecular formula is C18H14BrN3O. The molecule has 0 atom stereocenters. The number of fused-ring (bicyclic) bond motifs is 1. The van der Waals surface area contributed by atoms with Crippen LogP contribution >= 0.6 is 15.9 Å². The molecule has 3 rings (SSSR count). The van der Waals surface area contributed by atoms with Crippen LogP contribution in [0.25, 0.3) is 17.0 Å². The van der Waals surface area contributed by atoms with Crippen molar-refractivity contribution in [3.05, 3.63) is 64.0 Å². The van der Waals surface area contributed by atoms with E-state index < -0.39 is 0 Å². The number of nitriles is 1. The van der Waals surface area contributed by atoms with Gasteiger partial charge in [-0.25, -0.2) is 0 Å². The van der Waals surface area contributed by atoms with Crippen molar-refractivity contribution in [1.82, 2.24) is 9.13 Å². The average Bonchev–Trinajstić information content (AvgIpc) is 3.08. The molecule has 5 heteroatoms. The lowest BCUT2D eigenvalue weighted by molar-refractivity contribution is 0.104. The third kappa shape index (κ3) is 2.73. The van der Waals surface area contributed by atoms with Crippen molar-refractivity contribution < 1.29 is 4.79 Å². The Morgan fingerprint density at radius 2 is 2.04 bits per heavy atom. The molecule has 114 valence electrons. The van der Waals surface area contributed by atoms with Gasteiger partial charge in [-0.15, -0.1) is 0 Å². The van der Waals surface area contributed by atoms with Crippen LogP contribution in [0.3, 0.4) is 0 Å². The Kier molecular flexibility index (Phi) is 3.93. The second-order valence-corrected chi connectivity index (χ2v) is 6.27. The fourth-order valence-electron chi connectivity index (χ4n) is 2.61. The molecular weight excluding hydrogens is 354 g/mol. The van der Waals surface area contributed by atoms with Crippen molar-refractivity contribution in [2.24, 2.45) is 14.1 Å². The fourth-order valence-corrected chi connectivity index (χ4v) is 2.97. The Labute approximate surface area is 142 Å². The summed E-state index contributed by atoms with van der Waals surface area (Å²) in [6.45, 7) is 0. The monoisotopic (exact) mass is 367 g/mol. The molecule has 2 aromatic heterocycles. The molecule has 0 radical (unpaired) electrons. The molecule has 0 aliphatic carbocycles. The maximum Gasteiger partial charge on any atom is 0.205 e. The minimum Gasteiger partial charge on any atom is -0.351 e. The highest BCUT2D eigenvalue weighted by molar-refractivity contribution is 9.10. The standard InChI is InChI=1S/C18H14BrN3O/c1-21-7-3-4-14(21)8-12(10-20)18(23)16-11-22(2)17-6-5-13(19)9-15(16)17/h3-9,11H,1-2H3/b12-8+. The molecule has 1 aromatic carbocycles. The van der Waals surface area contributed by atoms with Crippen LogP contribution in [0.5, 0.6) is 0 Å². The third-order valence-electron chi connectivity index (χ3n) is 3.84. The summed E-state index contributed by atoms with van der Waals surface area (Å²) in [6.07, 6.45) is 5.27. The summed E-state index contributed by atoms with van der Waals surface area (Å²) in [5, 5.41) is 10.2. The van der Waals surface area contributed by atoms with Gasteiger partial charge in [0.15, 0.2) is 0 Å². The van der Waals surface area contributed by atoms with Gasteiger partial charge in [0.25, 0.3) is 0 Å². The summed E-state index contributed by atoms with van der Waals surface area (Å²) in [5.74, 6) is -0.266. The van der Waals surface area contributed by atoms with Crippen LogP contribution in [0.1, 0.15) is 16.1 Å². The fraction of sp³-hybridized carbons (Fsp3) is 0.111. The molecule has 0 saturated heterocycles. The first-order valence-corrected chi connectivity index (χ1v) is 7.83. The molecule has 0 amide bonds. The van der Waals surface area contributed by atoms with Crippen LogP contribution in [0, 0.1) is 11.3 Å². The lowest BCUT2D eigenvalue weighted by atomic mass is 10.0. The number of Topliss-reactive ketones (excluding diaryl/α,β-unsaturated/α-hetero) is 1. The van der Waals surface area contributed by atoms with Crippen molar-refractivity contribution in [2.45, 2.75) is 0 Å². The summed E-state index contributed by atoms with van der Waals surface area (Å²) < 4.78 is 4.66. The van der Waals surface area contributed by atoms with E-state index in [1.807, 2.05) is 65.8 Å². The highest BCUT2D eigenvalue weighted by Crippen LogP contribution is 2.26. The van der Waals surface area contributed by atoms with E-state index in [4.69, 9.17) is 0 Å². The molecule has 0 N–H and O–H groups in total. The van der Waals surface area contributed by atoms with E-state index in [9.17, 15) is 10.1 Å². The van der Waals surface area contributed by atoms with Gasteiger partial charge >= 0.3 is 0 Å². The summed E-state index contributed by atoms with van der Waals surface area (Å²) in [5.41, 5.74) is 2.43. The summed E-state index contributed by atoms with van der Waals surface area (Å²) >= 11 is 3.43. The highest BCUT2D eigenvalue weighted by Gasteiger charge is 2.18. The van der Waals surface area contributed by atoms with Crippen LogP contribution in [-0.2, 0) is 14.1 Å². The molecule has 0 aliphatic rings. The number of aromatic nitrogens is 2. The molecule has 0 saturated carbocycles. The van der Waals surface area contributed by atoms with Crippen molar-refractivity contribution in [2.75, 3.05) is 0 Å². The van der Waals surface area contributed by atoms with E-state index in [0.29, 0.717) is 5.56 Å². The molecule has 4 nitrogen and oxygen atoms in total. The zero-order chi connectivity index (χ0) is 16.6. The Hall–Kier alpha value is -2.58. The predicted molar refractivity (Wildman–Crippen MR) is 94.0 cm³/mol. The molecule has 0 fully saturated rings. The van der Waals surface area contributed by atoms with E-state index in [0.717, 1.165) is 21.1 Å². The smallest absolute Gasteiger partial charge is 0.205 e. The van der Waals surface area contributed by atoms with E-state index in [-0.39, 0.29) is 11.4 Å². The van der Waals surface area contributed by atoms with Gasteiger partial charge < -0.3 is 9.13 Å². The van der Waals surface area contributed by atoms with Gasteiger partial charge in [-0.2, -0.15) is 5.26 Å². The van der Waals surface area contributed by atoms with E-state index in [1.165, 1.54) is 0 Å². The Morgan fingerprint density at radius 3 is 2.70 bits per heavy atom. The van der Waals surface area contributed by atoms with Gasteiger partial charge in [0.2, 0.25) is 5.78 Å². The number of hydrogen-bond acceptors (Lipinski definition) is 2. The SMILES string of the molecule is Cn1cccc1/C=C(\C#N)C(=O)c1cn(C)c2ccc(Br)cc12. The van der Waals surface area contributed by atoms with Gasteiger partial charge in [-0.05, 0) is 36.4 Å². The van der Waals surface area contributed by atoms with Crippen molar-refractivity contribution in [3.63, 3.8) is 0 Å². The number of hydrogen-bond donors (Lipinski definition) is 0. The zero-order valence-corrected chi connectivity index (χ0v) is 14.3. The van der Waals surface area contributed by atoms with Gasteiger partial charge in [-0.3, -0.25) is 4.79 Å². The number of allylic oxidation sites excluding steroid dienone is 1. The molecule has 0 unspecified atom stereocenters. The molecule has 0 bridgehead atoms. The van der Waals surface area contributed by atoms with Gasteiger partial charge in [0, 0.05) is 53.1 Å². The number of rotatable bonds is 3. The quantitative estimate of drug-likeness (QED) is 0.398. The number of carbonyl (C=O) groups excluding carboxylic acids is 1. The van der Waals surface area contributed by atoms with Crippen LogP contribution in [-0.4, -0.2) is 14.9 Å². The molecule has 2 heterocycles. The van der Waals surface area contributed by atoms with Gasteiger partial charge in [-0.1, -0.05) is 15.9 Å². The van der Waals surface area contributed by atoms with Crippen LogP contribution in [0.2, 0.25) is 0 Å². The Bertz CT molecular complexity index is 986. The number of nitrogens with zero attached hydrogens (tertiary/aromatic N) is 3. The lowest BCUT2D eigenvalue weighted by Gasteiger charge is -2.00.